The van der Waals surface area contributed by atoms with E-state index in [0.29, 0.717) is 6.42 Å². The molecule has 0 amide bonds. The molecule has 76 valence electrons. The Labute approximate surface area is 84.6 Å². The molecule has 14 heavy (non-hydrogen) atoms. The monoisotopic (exact) mass is 192 g/mol. The number of benzene rings is 1. The average Bonchev–Trinajstić information content (AvgIpc) is 2.18. The van der Waals surface area contributed by atoms with Crippen LogP contribution in [-0.4, -0.2) is 17.0 Å². The van der Waals surface area contributed by atoms with Crippen molar-refractivity contribution >= 4 is 5.78 Å². The highest BCUT2D eigenvalue weighted by molar-refractivity contribution is 5.84. The van der Waals surface area contributed by atoms with E-state index in [4.69, 9.17) is 0 Å². The van der Waals surface area contributed by atoms with E-state index in [0.717, 1.165) is 5.56 Å². The molecule has 0 heterocycles. The maximum absolute atomic E-state index is 11.4. The smallest absolute Gasteiger partial charge is 0.164 e. The van der Waals surface area contributed by atoms with Gasteiger partial charge >= 0.3 is 0 Å². The van der Waals surface area contributed by atoms with Crippen LogP contribution in [0.4, 0.5) is 0 Å². The maximum atomic E-state index is 11.4. The normalized spacial score (nSPS) is 12.9. The van der Waals surface area contributed by atoms with Gasteiger partial charge in [-0.25, -0.2) is 0 Å². The molecule has 0 fully saturated rings. The molecule has 1 aromatic rings. The van der Waals surface area contributed by atoms with E-state index in [-0.39, 0.29) is 11.7 Å². The molecule has 0 bridgehead atoms. The molecule has 1 N–H and O–H groups in total. The molecule has 0 aliphatic carbocycles. The number of rotatable bonds is 4. The molecule has 0 saturated heterocycles. The summed E-state index contributed by atoms with van der Waals surface area (Å²) in [5.74, 6) is -0.192. The Kier molecular flexibility index (Phi) is 3.84. The summed E-state index contributed by atoms with van der Waals surface area (Å²) in [6, 6.07) is 9.55. The molecule has 0 unspecified atom stereocenters. The van der Waals surface area contributed by atoms with Crippen LogP contribution in [0.25, 0.3) is 0 Å². The van der Waals surface area contributed by atoms with Crippen molar-refractivity contribution in [2.45, 2.75) is 26.4 Å². The van der Waals surface area contributed by atoms with Gasteiger partial charge in [0.2, 0.25) is 0 Å². The zero-order chi connectivity index (χ0) is 10.6. The molecule has 0 aliphatic rings. The molecular formula is C12H16O2. The topological polar surface area (TPSA) is 37.3 Å². The molecule has 1 atom stereocenters. The van der Waals surface area contributed by atoms with Gasteiger partial charge in [-0.05, 0) is 5.56 Å². The first-order valence-corrected chi connectivity index (χ1v) is 4.87. The van der Waals surface area contributed by atoms with Crippen LogP contribution in [0.5, 0.6) is 0 Å². The summed E-state index contributed by atoms with van der Waals surface area (Å²) in [6.07, 6.45) is -0.449. The van der Waals surface area contributed by atoms with Gasteiger partial charge in [0, 0.05) is 12.3 Å². The van der Waals surface area contributed by atoms with Crippen molar-refractivity contribution in [3.05, 3.63) is 35.9 Å². The van der Waals surface area contributed by atoms with E-state index in [9.17, 15) is 9.90 Å². The van der Waals surface area contributed by atoms with E-state index in [2.05, 4.69) is 0 Å². The van der Waals surface area contributed by atoms with Crippen LogP contribution < -0.4 is 0 Å². The van der Waals surface area contributed by atoms with Crippen molar-refractivity contribution in [3.8, 4) is 0 Å². The number of aliphatic hydroxyl groups excluding tert-OH is 1. The Bertz CT molecular complexity index is 290. The highest BCUT2D eigenvalue weighted by Crippen LogP contribution is 2.07. The van der Waals surface area contributed by atoms with Crippen LogP contribution in [0.3, 0.4) is 0 Å². The van der Waals surface area contributed by atoms with Gasteiger partial charge in [0.1, 0.15) is 6.10 Å². The Morgan fingerprint density at radius 2 is 1.86 bits per heavy atom. The molecule has 2 nitrogen and oxygen atoms in total. The minimum atomic E-state index is -0.864. The largest absolute Gasteiger partial charge is 0.385 e. The fourth-order valence-electron chi connectivity index (χ4n) is 1.32. The average molecular weight is 192 g/mol. The molecule has 0 saturated carbocycles. The quantitative estimate of drug-likeness (QED) is 0.790. The van der Waals surface area contributed by atoms with E-state index in [1.54, 1.807) is 13.8 Å². The third-order valence-electron chi connectivity index (χ3n) is 2.17. The number of hydrogen-bond donors (Lipinski definition) is 1. The van der Waals surface area contributed by atoms with Crippen LogP contribution in [0.1, 0.15) is 19.4 Å². The predicted octanol–water partition coefficient (Wildman–Crippen LogP) is 1.82. The Balaban J connectivity index is 2.57. The molecule has 1 rings (SSSR count). The van der Waals surface area contributed by atoms with Crippen LogP contribution in [0, 0.1) is 5.92 Å². The number of Topliss-reactive ketones (excluding diaryl/α,β-unsaturated/α-hetero) is 1. The number of aliphatic hydroxyl groups is 1. The van der Waals surface area contributed by atoms with E-state index < -0.39 is 6.10 Å². The SMILES string of the molecule is CC(C)C(=O)[C@H](O)Cc1ccccc1. The molecule has 0 radical (unpaired) electrons. The second kappa shape index (κ2) is 4.91. The number of ketones is 1. The summed E-state index contributed by atoms with van der Waals surface area (Å²) < 4.78 is 0. The third kappa shape index (κ3) is 2.96. The maximum Gasteiger partial charge on any atom is 0.164 e. The highest BCUT2D eigenvalue weighted by atomic mass is 16.3. The van der Waals surface area contributed by atoms with Crippen LogP contribution in [0.15, 0.2) is 30.3 Å². The van der Waals surface area contributed by atoms with Crippen LogP contribution >= 0.6 is 0 Å². The second-order valence-electron chi connectivity index (χ2n) is 3.76. The lowest BCUT2D eigenvalue weighted by Gasteiger charge is -2.11. The fraction of sp³-hybridized carbons (Fsp3) is 0.417. The van der Waals surface area contributed by atoms with Crippen LogP contribution in [-0.2, 0) is 11.2 Å². The zero-order valence-electron chi connectivity index (χ0n) is 8.60. The molecule has 1 aromatic carbocycles. The lowest BCUT2D eigenvalue weighted by molar-refractivity contribution is -0.130. The predicted molar refractivity (Wildman–Crippen MR) is 56.0 cm³/mol. The fourth-order valence-corrected chi connectivity index (χ4v) is 1.32. The van der Waals surface area contributed by atoms with Gasteiger partial charge in [-0.1, -0.05) is 44.2 Å². The summed E-state index contributed by atoms with van der Waals surface area (Å²) in [5.41, 5.74) is 0.994. The van der Waals surface area contributed by atoms with Gasteiger partial charge in [0.15, 0.2) is 5.78 Å². The van der Waals surface area contributed by atoms with Gasteiger partial charge in [0.25, 0.3) is 0 Å². The first kappa shape index (κ1) is 10.9. The van der Waals surface area contributed by atoms with E-state index in [1.165, 1.54) is 0 Å². The highest BCUT2D eigenvalue weighted by Gasteiger charge is 2.18. The minimum absolute atomic E-state index is 0.0890. The summed E-state index contributed by atoms with van der Waals surface area (Å²) in [5, 5.41) is 9.59. The number of carbonyl (C=O) groups excluding carboxylic acids is 1. The lowest BCUT2D eigenvalue weighted by Crippen LogP contribution is -2.26. The molecule has 0 spiro atoms. The van der Waals surface area contributed by atoms with Crippen LogP contribution in [0.2, 0.25) is 0 Å². The van der Waals surface area contributed by atoms with Crippen molar-refractivity contribution in [3.63, 3.8) is 0 Å². The number of hydrogen-bond acceptors (Lipinski definition) is 2. The van der Waals surface area contributed by atoms with Gasteiger partial charge in [-0.3, -0.25) is 4.79 Å². The molecule has 2 heteroatoms. The Morgan fingerprint density at radius 3 is 2.36 bits per heavy atom. The minimum Gasteiger partial charge on any atom is -0.385 e. The first-order valence-electron chi connectivity index (χ1n) is 4.87. The summed E-state index contributed by atoms with van der Waals surface area (Å²) >= 11 is 0. The van der Waals surface area contributed by atoms with Crippen molar-refractivity contribution in [1.82, 2.24) is 0 Å². The Hall–Kier alpha value is -1.15. The van der Waals surface area contributed by atoms with Crippen molar-refractivity contribution in [2.24, 2.45) is 5.92 Å². The summed E-state index contributed by atoms with van der Waals surface area (Å²) in [4.78, 5) is 11.4. The van der Waals surface area contributed by atoms with Gasteiger partial charge in [-0.15, -0.1) is 0 Å². The van der Waals surface area contributed by atoms with Crippen molar-refractivity contribution in [2.75, 3.05) is 0 Å². The summed E-state index contributed by atoms with van der Waals surface area (Å²) in [7, 11) is 0. The van der Waals surface area contributed by atoms with E-state index in [1.807, 2.05) is 30.3 Å². The second-order valence-corrected chi connectivity index (χ2v) is 3.76. The molecule has 0 aliphatic heterocycles. The first-order chi connectivity index (χ1) is 6.61. The number of carbonyl (C=O) groups is 1. The summed E-state index contributed by atoms with van der Waals surface area (Å²) in [6.45, 7) is 3.60. The van der Waals surface area contributed by atoms with Gasteiger partial charge in [-0.2, -0.15) is 0 Å². The molecule has 0 aromatic heterocycles. The third-order valence-corrected chi connectivity index (χ3v) is 2.17. The molecular weight excluding hydrogens is 176 g/mol. The van der Waals surface area contributed by atoms with E-state index >= 15 is 0 Å². The van der Waals surface area contributed by atoms with Gasteiger partial charge < -0.3 is 5.11 Å². The lowest BCUT2D eigenvalue weighted by atomic mass is 9.98. The van der Waals surface area contributed by atoms with Crippen molar-refractivity contribution < 1.29 is 9.90 Å². The standard InChI is InChI=1S/C12H16O2/c1-9(2)12(14)11(13)8-10-6-4-3-5-7-10/h3-7,9,11,13H,8H2,1-2H3/t11-/m1/s1. The van der Waals surface area contributed by atoms with Gasteiger partial charge in [0.05, 0.1) is 0 Å². The zero-order valence-corrected chi connectivity index (χ0v) is 8.60. The Morgan fingerprint density at radius 1 is 1.29 bits per heavy atom. The van der Waals surface area contributed by atoms with Crippen molar-refractivity contribution in [1.29, 1.82) is 0 Å².